The van der Waals surface area contributed by atoms with Crippen molar-refractivity contribution in [1.29, 1.82) is 0 Å². The van der Waals surface area contributed by atoms with Gasteiger partial charge in [0, 0.05) is 12.3 Å². The van der Waals surface area contributed by atoms with Gasteiger partial charge in [-0.25, -0.2) is 4.98 Å². The molecule has 0 amide bonds. The van der Waals surface area contributed by atoms with Gasteiger partial charge in [-0.2, -0.15) is 4.98 Å². The van der Waals surface area contributed by atoms with Crippen LogP contribution >= 0.6 is 11.6 Å². The first-order chi connectivity index (χ1) is 8.83. The summed E-state index contributed by atoms with van der Waals surface area (Å²) in [4.78, 5) is 7.92. The molecule has 1 aromatic carbocycles. The second-order valence-corrected chi connectivity index (χ2v) is 4.70. The lowest BCUT2D eigenvalue weighted by Gasteiger charge is -2.25. The Balaban J connectivity index is 1.86. The zero-order valence-electron chi connectivity index (χ0n) is 9.84. The van der Waals surface area contributed by atoms with Crippen molar-refractivity contribution in [3.05, 3.63) is 52.9 Å². The van der Waals surface area contributed by atoms with E-state index in [0.717, 1.165) is 19.3 Å². The third-order valence-electron chi connectivity index (χ3n) is 3.18. The van der Waals surface area contributed by atoms with Crippen molar-refractivity contribution in [3.63, 3.8) is 0 Å². The Kier molecular flexibility index (Phi) is 3.15. The van der Waals surface area contributed by atoms with Gasteiger partial charge in [-0.3, -0.25) is 0 Å². The van der Waals surface area contributed by atoms with E-state index in [-0.39, 0.29) is 11.4 Å². The highest BCUT2D eigenvalue weighted by molar-refractivity contribution is 6.28. The van der Waals surface area contributed by atoms with Crippen molar-refractivity contribution < 1.29 is 4.74 Å². The zero-order valence-corrected chi connectivity index (χ0v) is 10.6. The molecule has 0 aliphatic heterocycles. The summed E-state index contributed by atoms with van der Waals surface area (Å²) in [5, 5.41) is 0.219. The molecule has 1 aliphatic rings. The van der Waals surface area contributed by atoms with Crippen LogP contribution in [0.15, 0.2) is 36.5 Å². The molecule has 1 atom stereocenters. The van der Waals surface area contributed by atoms with Crippen LogP contribution in [-0.4, -0.2) is 9.97 Å². The molecule has 18 heavy (non-hydrogen) atoms. The molecule has 3 rings (SSSR count). The molecule has 1 aliphatic carbocycles. The van der Waals surface area contributed by atoms with Gasteiger partial charge in [0.05, 0.1) is 0 Å². The second-order valence-electron chi connectivity index (χ2n) is 4.36. The highest BCUT2D eigenvalue weighted by Crippen LogP contribution is 2.32. The maximum Gasteiger partial charge on any atom is 0.225 e. The quantitative estimate of drug-likeness (QED) is 0.774. The monoisotopic (exact) mass is 260 g/mol. The molecule has 0 radical (unpaired) electrons. The van der Waals surface area contributed by atoms with E-state index in [1.165, 1.54) is 11.1 Å². The summed E-state index contributed by atoms with van der Waals surface area (Å²) in [6.07, 6.45) is 4.96. The van der Waals surface area contributed by atoms with Gasteiger partial charge in [-0.05, 0) is 42.0 Å². The van der Waals surface area contributed by atoms with E-state index in [1.54, 1.807) is 12.3 Å². The first-order valence-electron chi connectivity index (χ1n) is 6.06. The molecule has 3 nitrogen and oxygen atoms in total. The molecular weight excluding hydrogens is 248 g/mol. The van der Waals surface area contributed by atoms with Crippen LogP contribution in [0.1, 0.15) is 30.1 Å². The van der Waals surface area contributed by atoms with Gasteiger partial charge in [0.15, 0.2) is 0 Å². The average molecular weight is 261 g/mol. The summed E-state index contributed by atoms with van der Waals surface area (Å²) in [7, 11) is 0. The Bertz CT molecular complexity index is 559. The minimum absolute atomic E-state index is 0.0703. The minimum Gasteiger partial charge on any atom is -0.469 e. The van der Waals surface area contributed by atoms with Crippen LogP contribution in [0.5, 0.6) is 5.88 Å². The Hall–Kier alpha value is -1.61. The lowest BCUT2D eigenvalue weighted by Crippen LogP contribution is -2.15. The number of fused-ring (bicyclic) bond motifs is 1. The van der Waals surface area contributed by atoms with Crippen LogP contribution in [0.4, 0.5) is 0 Å². The summed E-state index contributed by atoms with van der Waals surface area (Å²) in [5.41, 5.74) is 2.63. The topological polar surface area (TPSA) is 35.0 Å². The number of hydrogen-bond donors (Lipinski definition) is 0. The first kappa shape index (κ1) is 11.5. The standard InChI is InChI=1S/C14H13ClN2O/c15-14-16-9-8-13(17-14)18-12-7-3-5-10-4-1-2-6-11(10)12/h1-2,4,6,8-9,12H,3,5,7H2. The van der Waals surface area contributed by atoms with E-state index in [4.69, 9.17) is 16.3 Å². The number of ether oxygens (including phenoxy) is 1. The fraction of sp³-hybridized carbons (Fsp3) is 0.286. The molecule has 0 saturated heterocycles. The van der Waals surface area contributed by atoms with Crippen LogP contribution in [0.25, 0.3) is 0 Å². The molecule has 0 saturated carbocycles. The molecule has 1 aromatic heterocycles. The van der Waals surface area contributed by atoms with Crippen molar-refractivity contribution in [2.75, 3.05) is 0 Å². The van der Waals surface area contributed by atoms with Crippen LogP contribution in [0.3, 0.4) is 0 Å². The minimum atomic E-state index is 0.0703. The molecule has 1 unspecified atom stereocenters. The second kappa shape index (κ2) is 4.94. The molecule has 2 aromatic rings. The number of aryl methyl sites for hydroxylation is 1. The van der Waals surface area contributed by atoms with Gasteiger partial charge in [0.1, 0.15) is 6.10 Å². The molecule has 1 heterocycles. The normalized spacial score (nSPS) is 18.2. The van der Waals surface area contributed by atoms with Crippen molar-refractivity contribution in [1.82, 2.24) is 9.97 Å². The number of nitrogens with zero attached hydrogens (tertiary/aromatic N) is 2. The number of rotatable bonds is 2. The maximum absolute atomic E-state index is 5.93. The number of hydrogen-bond acceptors (Lipinski definition) is 3. The summed E-state index contributed by atoms with van der Waals surface area (Å²) in [6, 6.07) is 10.2. The largest absolute Gasteiger partial charge is 0.469 e. The van der Waals surface area contributed by atoms with Crippen molar-refractivity contribution in [2.45, 2.75) is 25.4 Å². The van der Waals surface area contributed by atoms with Crippen LogP contribution in [0, 0.1) is 0 Å². The van der Waals surface area contributed by atoms with Crippen molar-refractivity contribution >= 4 is 11.6 Å². The Morgan fingerprint density at radius 1 is 1.22 bits per heavy atom. The number of aromatic nitrogens is 2. The van der Waals surface area contributed by atoms with Gasteiger partial charge >= 0.3 is 0 Å². The van der Waals surface area contributed by atoms with Gasteiger partial charge < -0.3 is 4.74 Å². The third-order valence-corrected chi connectivity index (χ3v) is 3.36. The van der Waals surface area contributed by atoms with Crippen LogP contribution in [0.2, 0.25) is 5.28 Å². The highest BCUT2D eigenvalue weighted by atomic mass is 35.5. The maximum atomic E-state index is 5.93. The summed E-state index contributed by atoms with van der Waals surface area (Å²) in [6.45, 7) is 0. The van der Waals surface area contributed by atoms with E-state index in [2.05, 4.69) is 28.2 Å². The van der Waals surface area contributed by atoms with Crippen LogP contribution in [-0.2, 0) is 6.42 Å². The summed E-state index contributed by atoms with van der Waals surface area (Å²) < 4.78 is 5.93. The zero-order chi connectivity index (χ0) is 12.4. The van der Waals surface area contributed by atoms with Gasteiger partial charge in [-0.1, -0.05) is 24.3 Å². The van der Waals surface area contributed by atoms with E-state index >= 15 is 0 Å². The summed E-state index contributed by atoms with van der Waals surface area (Å²) in [5.74, 6) is 0.539. The van der Waals surface area contributed by atoms with E-state index in [1.807, 2.05) is 6.07 Å². The Labute approximate surface area is 111 Å². The molecule has 0 fully saturated rings. The molecule has 4 heteroatoms. The fourth-order valence-corrected chi connectivity index (χ4v) is 2.50. The molecule has 0 spiro atoms. The SMILES string of the molecule is Clc1nccc(OC2CCCc3ccccc32)n1. The number of benzene rings is 1. The van der Waals surface area contributed by atoms with Gasteiger partial charge in [0.2, 0.25) is 11.2 Å². The summed E-state index contributed by atoms with van der Waals surface area (Å²) >= 11 is 5.76. The van der Waals surface area contributed by atoms with Gasteiger partial charge in [0.25, 0.3) is 0 Å². The van der Waals surface area contributed by atoms with Crippen LogP contribution < -0.4 is 4.74 Å². The third kappa shape index (κ3) is 2.31. The molecule has 0 bridgehead atoms. The predicted molar refractivity (Wildman–Crippen MR) is 69.8 cm³/mol. The number of halogens is 1. The lowest BCUT2D eigenvalue weighted by molar-refractivity contribution is 0.175. The van der Waals surface area contributed by atoms with Crippen molar-refractivity contribution in [2.24, 2.45) is 0 Å². The smallest absolute Gasteiger partial charge is 0.225 e. The molecular formula is C14H13ClN2O. The lowest BCUT2D eigenvalue weighted by atomic mass is 9.89. The highest BCUT2D eigenvalue weighted by Gasteiger charge is 2.21. The molecule has 0 N–H and O–H groups in total. The predicted octanol–water partition coefficient (Wildman–Crippen LogP) is 3.59. The fourth-order valence-electron chi connectivity index (χ4n) is 2.36. The van der Waals surface area contributed by atoms with Gasteiger partial charge in [-0.15, -0.1) is 0 Å². The average Bonchev–Trinajstić information content (AvgIpc) is 2.39. The van der Waals surface area contributed by atoms with Crippen molar-refractivity contribution in [3.8, 4) is 5.88 Å². The van der Waals surface area contributed by atoms with E-state index in [9.17, 15) is 0 Å². The first-order valence-corrected chi connectivity index (χ1v) is 6.44. The molecule has 92 valence electrons. The Morgan fingerprint density at radius 3 is 3.00 bits per heavy atom. The van der Waals surface area contributed by atoms with E-state index < -0.39 is 0 Å². The Morgan fingerprint density at radius 2 is 2.11 bits per heavy atom. The van der Waals surface area contributed by atoms with E-state index in [0.29, 0.717) is 5.88 Å².